The Morgan fingerprint density at radius 1 is 1.04 bits per heavy atom. The number of carbonyl (C=O) groups is 1. The average molecular weight is 377 g/mol. The van der Waals surface area contributed by atoms with Crippen LogP contribution in [0.2, 0.25) is 0 Å². The van der Waals surface area contributed by atoms with Crippen molar-refractivity contribution in [3.8, 4) is 0 Å². The minimum Gasteiger partial charge on any atom is -0.354 e. The Labute approximate surface area is 165 Å². The van der Waals surface area contributed by atoms with E-state index >= 15 is 0 Å². The molecule has 4 rings (SSSR count). The fourth-order valence-electron chi connectivity index (χ4n) is 3.87. The number of benzene rings is 1. The van der Waals surface area contributed by atoms with E-state index in [4.69, 9.17) is 0 Å². The number of nitrogens with one attached hydrogen (secondary N) is 1. The lowest BCUT2D eigenvalue weighted by atomic mass is 10.1. The summed E-state index contributed by atoms with van der Waals surface area (Å²) in [5, 5.41) is 4.22. The number of anilines is 1. The van der Waals surface area contributed by atoms with E-state index in [1.165, 1.54) is 0 Å². The number of amides is 1. The highest BCUT2D eigenvalue weighted by Crippen LogP contribution is 2.21. The van der Waals surface area contributed by atoms with Gasteiger partial charge in [-0.1, -0.05) is 24.3 Å². The molecule has 1 saturated heterocycles. The molecule has 146 valence electrons. The molecule has 1 aromatic carbocycles. The lowest BCUT2D eigenvalue weighted by molar-refractivity contribution is -0.120. The van der Waals surface area contributed by atoms with Crippen molar-refractivity contribution in [3.63, 3.8) is 0 Å². The first kappa shape index (κ1) is 18.5. The zero-order valence-electron chi connectivity index (χ0n) is 16.6. The number of pyridine rings is 1. The number of hydrogen-bond acceptors (Lipinski definition) is 4. The van der Waals surface area contributed by atoms with Crippen molar-refractivity contribution in [1.82, 2.24) is 19.8 Å². The lowest BCUT2D eigenvalue weighted by Gasteiger charge is -2.34. The van der Waals surface area contributed by atoms with Crippen molar-refractivity contribution in [2.24, 2.45) is 7.05 Å². The fourth-order valence-corrected chi connectivity index (χ4v) is 3.87. The van der Waals surface area contributed by atoms with Crippen LogP contribution in [0.5, 0.6) is 0 Å². The number of carbonyl (C=O) groups excluding carboxylic acids is 1. The van der Waals surface area contributed by atoms with Gasteiger partial charge in [-0.05, 0) is 24.7 Å². The summed E-state index contributed by atoms with van der Waals surface area (Å²) in [7, 11) is 4.16. The average Bonchev–Trinajstić information content (AvgIpc) is 3.03. The number of aromatic nitrogens is 2. The van der Waals surface area contributed by atoms with Gasteiger partial charge in [0.15, 0.2) is 0 Å². The van der Waals surface area contributed by atoms with Gasteiger partial charge in [-0.3, -0.25) is 4.79 Å². The summed E-state index contributed by atoms with van der Waals surface area (Å²) >= 11 is 0. The van der Waals surface area contributed by atoms with Crippen molar-refractivity contribution >= 4 is 22.6 Å². The highest BCUT2D eigenvalue weighted by atomic mass is 16.1. The van der Waals surface area contributed by atoms with Gasteiger partial charge in [-0.2, -0.15) is 0 Å². The minimum absolute atomic E-state index is 0.0320. The van der Waals surface area contributed by atoms with Crippen LogP contribution < -0.4 is 10.2 Å². The number of fused-ring (bicyclic) bond motifs is 1. The summed E-state index contributed by atoms with van der Waals surface area (Å²) in [6, 6.07) is 12.2. The number of aryl methyl sites for hydroxylation is 1. The SMILES string of the molecule is CN1CCN(c2ncccc2CNC(=O)Cc2cn(C)c3ccccc23)CC1. The van der Waals surface area contributed by atoms with Crippen LogP contribution in [0.15, 0.2) is 48.8 Å². The van der Waals surface area contributed by atoms with Crippen LogP contribution in [-0.2, 0) is 24.8 Å². The molecule has 1 aliphatic heterocycles. The Kier molecular flexibility index (Phi) is 5.30. The monoisotopic (exact) mass is 377 g/mol. The summed E-state index contributed by atoms with van der Waals surface area (Å²) in [6.07, 6.45) is 4.25. The number of para-hydroxylation sites is 1. The molecule has 0 radical (unpaired) electrons. The van der Waals surface area contributed by atoms with Gasteiger partial charge in [-0.25, -0.2) is 4.98 Å². The summed E-state index contributed by atoms with van der Waals surface area (Å²) in [4.78, 5) is 21.8. The molecule has 3 heterocycles. The van der Waals surface area contributed by atoms with Gasteiger partial charge in [0.25, 0.3) is 0 Å². The maximum absolute atomic E-state index is 12.6. The highest BCUT2D eigenvalue weighted by Gasteiger charge is 2.18. The summed E-state index contributed by atoms with van der Waals surface area (Å²) < 4.78 is 2.07. The first-order valence-corrected chi connectivity index (χ1v) is 9.79. The molecule has 0 atom stereocenters. The molecule has 0 spiro atoms. The predicted octanol–water partition coefficient (Wildman–Crippen LogP) is 2.18. The van der Waals surface area contributed by atoms with Crippen LogP contribution in [-0.4, -0.2) is 53.6 Å². The molecule has 1 fully saturated rings. The van der Waals surface area contributed by atoms with Gasteiger partial charge < -0.3 is 19.7 Å². The molecule has 1 aliphatic rings. The largest absolute Gasteiger partial charge is 0.354 e. The standard InChI is InChI=1S/C22H27N5O/c1-25-10-12-27(13-11-25)22-17(6-5-9-23-22)15-24-21(28)14-18-16-26(2)20-8-4-3-7-19(18)20/h3-9,16H,10-15H2,1-2H3,(H,24,28). The second kappa shape index (κ2) is 8.02. The summed E-state index contributed by atoms with van der Waals surface area (Å²) in [6.45, 7) is 4.49. The molecule has 6 heteroatoms. The van der Waals surface area contributed by atoms with Gasteiger partial charge in [0.1, 0.15) is 5.82 Å². The first-order chi connectivity index (χ1) is 13.6. The third-order valence-electron chi connectivity index (χ3n) is 5.48. The molecule has 3 aromatic rings. The van der Waals surface area contributed by atoms with Gasteiger partial charge in [0, 0.05) is 68.6 Å². The summed E-state index contributed by atoms with van der Waals surface area (Å²) in [5.41, 5.74) is 3.27. The van der Waals surface area contributed by atoms with Gasteiger partial charge in [0.05, 0.1) is 6.42 Å². The second-order valence-electron chi connectivity index (χ2n) is 7.51. The van der Waals surface area contributed by atoms with Crippen LogP contribution in [0, 0.1) is 0 Å². The molecule has 1 amide bonds. The van der Waals surface area contributed by atoms with Crippen molar-refractivity contribution in [2.75, 3.05) is 38.1 Å². The van der Waals surface area contributed by atoms with Crippen LogP contribution >= 0.6 is 0 Å². The number of rotatable bonds is 5. The predicted molar refractivity (Wildman–Crippen MR) is 112 cm³/mol. The Morgan fingerprint density at radius 2 is 1.82 bits per heavy atom. The van der Waals surface area contributed by atoms with E-state index in [-0.39, 0.29) is 5.91 Å². The maximum Gasteiger partial charge on any atom is 0.224 e. The fraction of sp³-hybridized carbons (Fsp3) is 0.364. The molecule has 0 saturated carbocycles. The molecule has 6 nitrogen and oxygen atoms in total. The van der Waals surface area contributed by atoms with Crippen molar-refractivity contribution in [3.05, 3.63) is 59.9 Å². The quantitative estimate of drug-likeness (QED) is 0.741. The van der Waals surface area contributed by atoms with Crippen LogP contribution in [0.25, 0.3) is 10.9 Å². The Bertz CT molecular complexity index is 972. The van der Waals surface area contributed by atoms with E-state index in [0.29, 0.717) is 13.0 Å². The molecule has 0 bridgehead atoms. The minimum atomic E-state index is 0.0320. The van der Waals surface area contributed by atoms with Crippen LogP contribution in [0.3, 0.4) is 0 Å². The molecule has 28 heavy (non-hydrogen) atoms. The van der Waals surface area contributed by atoms with Crippen LogP contribution in [0.1, 0.15) is 11.1 Å². The smallest absolute Gasteiger partial charge is 0.224 e. The molecule has 0 aliphatic carbocycles. The Morgan fingerprint density at radius 3 is 2.64 bits per heavy atom. The van der Waals surface area contributed by atoms with Crippen LogP contribution in [0.4, 0.5) is 5.82 Å². The van der Waals surface area contributed by atoms with Crippen molar-refractivity contribution < 1.29 is 4.79 Å². The van der Waals surface area contributed by atoms with Gasteiger partial charge in [0.2, 0.25) is 5.91 Å². The Balaban J connectivity index is 1.42. The van der Waals surface area contributed by atoms with Crippen molar-refractivity contribution in [1.29, 1.82) is 0 Å². The zero-order valence-corrected chi connectivity index (χ0v) is 16.6. The number of nitrogens with zero attached hydrogens (tertiary/aromatic N) is 4. The zero-order chi connectivity index (χ0) is 19.5. The van der Waals surface area contributed by atoms with E-state index in [2.05, 4.69) is 49.9 Å². The molecule has 2 aromatic heterocycles. The molecule has 1 N–H and O–H groups in total. The molecule has 0 unspecified atom stereocenters. The first-order valence-electron chi connectivity index (χ1n) is 9.79. The maximum atomic E-state index is 12.6. The third-order valence-corrected chi connectivity index (χ3v) is 5.48. The lowest BCUT2D eigenvalue weighted by Crippen LogP contribution is -2.45. The van der Waals surface area contributed by atoms with E-state index in [1.807, 2.05) is 37.6 Å². The summed E-state index contributed by atoms with van der Waals surface area (Å²) in [5.74, 6) is 1.02. The van der Waals surface area contributed by atoms with E-state index in [9.17, 15) is 4.79 Å². The molecular weight excluding hydrogens is 350 g/mol. The number of likely N-dealkylation sites (N-methyl/N-ethyl adjacent to an activating group) is 1. The molecular formula is C22H27N5O. The topological polar surface area (TPSA) is 53.4 Å². The Hall–Kier alpha value is -2.86. The number of piperazine rings is 1. The van der Waals surface area contributed by atoms with E-state index in [1.54, 1.807) is 0 Å². The second-order valence-corrected chi connectivity index (χ2v) is 7.51. The van der Waals surface area contributed by atoms with Gasteiger partial charge >= 0.3 is 0 Å². The third kappa shape index (κ3) is 3.87. The van der Waals surface area contributed by atoms with Crippen molar-refractivity contribution in [2.45, 2.75) is 13.0 Å². The van der Waals surface area contributed by atoms with E-state index < -0.39 is 0 Å². The van der Waals surface area contributed by atoms with Gasteiger partial charge in [-0.15, -0.1) is 0 Å². The number of hydrogen-bond donors (Lipinski definition) is 1. The highest BCUT2D eigenvalue weighted by molar-refractivity contribution is 5.89. The van der Waals surface area contributed by atoms with E-state index in [0.717, 1.165) is 54.0 Å². The normalized spacial score (nSPS) is 15.1.